The maximum atomic E-state index is 5.65. The number of ether oxygens (including phenoxy) is 1. The van der Waals surface area contributed by atoms with Crippen molar-refractivity contribution < 1.29 is 4.74 Å². The van der Waals surface area contributed by atoms with E-state index in [-0.39, 0.29) is 0 Å². The zero-order chi connectivity index (χ0) is 14.6. The molecule has 20 heavy (non-hydrogen) atoms. The van der Waals surface area contributed by atoms with Crippen molar-refractivity contribution in [1.82, 2.24) is 5.32 Å². The molecule has 1 fully saturated rings. The fourth-order valence-corrected chi connectivity index (χ4v) is 3.37. The van der Waals surface area contributed by atoms with Gasteiger partial charge in [0.25, 0.3) is 0 Å². The molecule has 2 nitrogen and oxygen atoms in total. The van der Waals surface area contributed by atoms with E-state index in [0.29, 0.717) is 6.10 Å². The molecular formula is C18H37NO. The van der Waals surface area contributed by atoms with Gasteiger partial charge in [-0.25, -0.2) is 0 Å². The van der Waals surface area contributed by atoms with Gasteiger partial charge in [0.1, 0.15) is 0 Å². The van der Waals surface area contributed by atoms with E-state index in [9.17, 15) is 0 Å². The summed E-state index contributed by atoms with van der Waals surface area (Å²) in [6, 6.07) is 0.734. The van der Waals surface area contributed by atoms with E-state index >= 15 is 0 Å². The predicted molar refractivity (Wildman–Crippen MR) is 88.2 cm³/mol. The topological polar surface area (TPSA) is 21.3 Å². The number of hydrogen-bond donors (Lipinski definition) is 1. The Morgan fingerprint density at radius 1 is 1.00 bits per heavy atom. The van der Waals surface area contributed by atoms with E-state index in [2.05, 4.69) is 26.2 Å². The Labute approximate surface area is 127 Å². The Kier molecular flexibility index (Phi) is 10.4. The summed E-state index contributed by atoms with van der Waals surface area (Å²) < 4.78 is 5.65. The lowest BCUT2D eigenvalue weighted by atomic mass is 9.77. The summed E-state index contributed by atoms with van der Waals surface area (Å²) in [5.74, 6) is 0.911. The minimum atomic E-state index is 0.570. The molecule has 0 aromatic rings. The number of rotatable bonds is 13. The van der Waals surface area contributed by atoms with Crippen molar-refractivity contribution in [3.05, 3.63) is 0 Å². The van der Waals surface area contributed by atoms with Crippen LogP contribution in [0.1, 0.15) is 84.5 Å². The molecule has 0 radical (unpaired) electrons. The molecule has 1 rings (SSSR count). The van der Waals surface area contributed by atoms with E-state index < -0.39 is 0 Å². The third-order valence-corrected chi connectivity index (χ3v) is 4.78. The monoisotopic (exact) mass is 283 g/mol. The van der Waals surface area contributed by atoms with Crippen molar-refractivity contribution in [2.45, 2.75) is 96.6 Å². The molecule has 0 aliphatic heterocycles. The zero-order valence-corrected chi connectivity index (χ0v) is 14.1. The quantitative estimate of drug-likeness (QED) is 0.484. The average Bonchev–Trinajstić information content (AvgIpc) is 2.42. The van der Waals surface area contributed by atoms with Crippen LogP contribution in [0.25, 0.3) is 0 Å². The average molecular weight is 283 g/mol. The second-order valence-corrected chi connectivity index (χ2v) is 6.55. The lowest BCUT2D eigenvalue weighted by molar-refractivity contribution is -0.0291. The molecule has 0 amide bonds. The molecule has 1 N–H and O–H groups in total. The highest BCUT2D eigenvalue weighted by Gasteiger charge is 2.30. The fourth-order valence-electron chi connectivity index (χ4n) is 3.37. The van der Waals surface area contributed by atoms with Gasteiger partial charge in [0.2, 0.25) is 0 Å². The van der Waals surface area contributed by atoms with Crippen molar-refractivity contribution >= 4 is 0 Å². The van der Waals surface area contributed by atoms with Crippen LogP contribution >= 0.6 is 0 Å². The van der Waals surface area contributed by atoms with Crippen LogP contribution in [-0.4, -0.2) is 25.8 Å². The third-order valence-electron chi connectivity index (χ3n) is 4.78. The van der Waals surface area contributed by atoms with Gasteiger partial charge >= 0.3 is 0 Å². The fraction of sp³-hybridized carbons (Fsp3) is 1.00. The molecule has 1 saturated carbocycles. The van der Waals surface area contributed by atoms with Crippen LogP contribution in [0.5, 0.6) is 0 Å². The molecule has 2 heteroatoms. The Morgan fingerprint density at radius 2 is 1.65 bits per heavy atom. The maximum absolute atomic E-state index is 5.65. The smallest absolute Gasteiger partial charge is 0.0580 e. The number of unbranched alkanes of at least 4 members (excludes halogenated alkanes) is 6. The summed E-state index contributed by atoms with van der Waals surface area (Å²) in [4.78, 5) is 0. The molecule has 0 aromatic carbocycles. The van der Waals surface area contributed by atoms with Crippen LogP contribution in [-0.2, 0) is 4.74 Å². The molecule has 0 bridgehead atoms. The summed E-state index contributed by atoms with van der Waals surface area (Å²) in [7, 11) is 2.13. The van der Waals surface area contributed by atoms with Crippen LogP contribution in [0.15, 0.2) is 0 Å². The standard InChI is InChI=1S/C18H37NO/c1-4-6-7-8-9-10-11-12-17(19-3)13-16-14-18(15-16)20-5-2/h16-19H,4-15H2,1-3H3. The van der Waals surface area contributed by atoms with Crippen molar-refractivity contribution in [3.63, 3.8) is 0 Å². The molecular weight excluding hydrogens is 246 g/mol. The molecule has 0 saturated heterocycles. The summed E-state index contributed by atoms with van der Waals surface area (Å²) >= 11 is 0. The van der Waals surface area contributed by atoms with E-state index in [4.69, 9.17) is 4.74 Å². The molecule has 1 atom stereocenters. The maximum Gasteiger partial charge on any atom is 0.0580 e. The van der Waals surface area contributed by atoms with Gasteiger partial charge < -0.3 is 10.1 Å². The van der Waals surface area contributed by atoms with Crippen molar-refractivity contribution in [1.29, 1.82) is 0 Å². The first kappa shape index (κ1) is 18.0. The van der Waals surface area contributed by atoms with E-state index in [1.165, 1.54) is 70.6 Å². The normalized spacial score (nSPS) is 23.6. The predicted octanol–water partition coefficient (Wildman–Crippen LogP) is 4.92. The molecule has 0 spiro atoms. The van der Waals surface area contributed by atoms with Gasteiger partial charge in [-0.2, -0.15) is 0 Å². The highest BCUT2D eigenvalue weighted by molar-refractivity contribution is 4.83. The summed E-state index contributed by atoms with van der Waals surface area (Å²) in [6.07, 6.45) is 15.8. The van der Waals surface area contributed by atoms with Gasteiger partial charge in [-0.15, -0.1) is 0 Å². The van der Waals surface area contributed by atoms with Crippen LogP contribution in [0.3, 0.4) is 0 Å². The molecule has 120 valence electrons. The third kappa shape index (κ3) is 7.64. The second kappa shape index (κ2) is 11.6. The minimum absolute atomic E-state index is 0.570. The highest BCUT2D eigenvalue weighted by atomic mass is 16.5. The van der Waals surface area contributed by atoms with Crippen LogP contribution < -0.4 is 5.32 Å². The molecule has 1 unspecified atom stereocenters. The van der Waals surface area contributed by atoms with E-state index in [0.717, 1.165) is 18.6 Å². The molecule has 0 aromatic heterocycles. The van der Waals surface area contributed by atoms with Gasteiger partial charge in [0.05, 0.1) is 6.10 Å². The Morgan fingerprint density at radius 3 is 2.25 bits per heavy atom. The minimum Gasteiger partial charge on any atom is -0.378 e. The SMILES string of the molecule is CCCCCCCCCC(CC1CC(OCC)C1)NC. The largest absolute Gasteiger partial charge is 0.378 e. The highest BCUT2D eigenvalue weighted by Crippen LogP contribution is 2.34. The van der Waals surface area contributed by atoms with Crippen LogP contribution in [0, 0.1) is 5.92 Å². The zero-order valence-electron chi connectivity index (χ0n) is 14.1. The second-order valence-electron chi connectivity index (χ2n) is 6.55. The van der Waals surface area contributed by atoms with E-state index in [1.54, 1.807) is 0 Å². The first-order valence-corrected chi connectivity index (χ1v) is 9.09. The number of nitrogens with one attached hydrogen (secondary N) is 1. The first-order chi connectivity index (χ1) is 9.80. The molecule has 0 heterocycles. The molecule has 1 aliphatic carbocycles. The summed E-state index contributed by atoms with van der Waals surface area (Å²) in [6.45, 7) is 5.27. The summed E-state index contributed by atoms with van der Waals surface area (Å²) in [5.41, 5.74) is 0. The van der Waals surface area contributed by atoms with Crippen molar-refractivity contribution in [2.24, 2.45) is 5.92 Å². The van der Waals surface area contributed by atoms with Gasteiger partial charge in [-0.3, -0.25) is 0 Å². The Bertz CT molecular complexity index is 213. The lowest BCUT2D eigenvalue weighted by Gasteiger charge is -2.37. The first-order valence-electron chi connectivity index (χ1n) is 9.09. The van der Waals surface area contributed by atoms with Gasteiger partial charge in [0, 0.05) is 12.6 Å². The molecule has 1 aliphatic rings. The van der Waals surface area contributed by atoms with Crippen molar-refractivity contribution in [3.8, 4) is 0 Å². The van der Waals surface area contributed by atoms with Crippen molar-refractivity contribution in [2.75, 3.05) is 13.7 Å². The number of hydrogen-bond acceptors (Lipinski definition) is 2. The van der Waals surface area contributed by atoms with Gasteiger partial charge in [0.15, 0.2) is 0 Å². The van der Waals surface area contributed by atoms with Gasteiger partial charge in [-0.1, -0.05) is 51.9 Å². The Hall–Kier alpha value is -0.0800. The van der Waals surface area contributed by atoms with Crippen LogP contribution in [0.2, 0.25) is 0 Å². The van der Waals surface area contributed by atoms with Gasteiger partial charge in [-0.05, 0) is 45.6 Å². The lowest BCUT2D eigenvalue weighted by Crippen LogP contribution is -2.37. The van der Waals surface area contributed by atoms with E-state index in [1.807, 2.05) is 0 Å². The Balaban J connectivity index is 1.95. The summed E-state index contributed by atoms with van der Waals surface area (Å²) in [5, 5.41) is 3.52. The van der Waals surface area contributed by atoms with Crippen LogP contribution in [0.4, 0.5) is 0 Å².